The number of phenolic OH excluding ortho intramolecular Hbond substituents is 1. The standard InChI is InChI=1S/C50H76N6O8/c1-6-7-8-9-10-11-12-13-14-15-16-17-18-22-45(60)55(4)42(33-57)49(63)52-31-44(59)51-32-46(61)56(5)47-38-26-27-39(37-24-25-37)40(30-38)41-29-36(23-28-43(41)58)21-19-20-34(2)53-48(62)35(3)54-50(47)64/h23,26-30,34-35,37,42,47,57-58H,6-22,24-25,31-33H2,1-5H3,(H,51,59)(H,52,63)(H,53,62)(H,54,64)/t34-,35+,42?,47?/m1/s1. The highest BCUT2D eigenvalue weighted by molar-refractivity contribution is 5.95. The van der Waals surface area contributed by atoms with Gasteiger partial charge in [-0.25, -0.2) is 0 Å². The van der Waals surface area contributed by atoms with Crippen LogP contribution in [0.1, 0.15) is 165 Å². The molecule has 1 saturated carbocycles. The Morgan fingerprint density at radius 1 is 0.750 bits per heavy atom. The number of carbonyl (C=O) groups excluding carboxylic acids is 6. The Morgan fingerprint density at radius 2 is 1.39 bits per heavy atom. The molecule has 0 saturated heterocycles. The number of aliphatic hydroxyl groups is 1. The van der Waals surface area contributed by atoms with Crippen LogP contribution in [0.4, 0.5) is 0 Å². The summed E-state index contributed by atoms with van der Waals surface area (Å²) in [5.41, 5.74) is 3.92. The number of benzene rings is 2. The quantitative estimate of drug-likeness (QED) is 0.0698. The molecule has 1 aliphatic carbocycles. The third kappa shape index (κ3) is 16.2. The maximum atomic E-state index is 14.1. The fourth-order valence-corrected chi connectivity index (χ4v) is 8.46. The monoisotopic (exact) mass is 889 g/mol. The van der Waals surface area contributed by atoms with Gasteiger partial charge in [0.25, 0.3) is 0 Å². The molecular formula is C50H76N6O8. The smallest absolute Gasteiger partial charge is 0.248 e. The first-order chi connectivity index (χ1) is 30.7. The summed E-state index contributed by atoms with van der Waals surface area (Å²) in [7, 11) is 2.90. The van der Waals surface area contributed by atoms with Crippen molar-refractivity contribution in [2.75, 3.05) is 33.8 Å². The Kier molecular flexibility index (Phi) is 21.6. The number of likely N-dealkylation sites (N-methyl/N-ethyl adjacent to an activating group) is 2. The number of phenols is 1. The topological polar surface area (TPSA) is 197 Å². The van der Waals surface area contributed by atoms with Crippen LogP contribution in [0.15, 0.2) is 36.4 Å². The first-order valence-electron chi connectivity index (χ1n) is 24.0. The van der Waals surface area contributed by atoms with Crippen molar-refractivity contribution in [3.63, 3.8) is 0 Å². The van der Waals surface area contributed by atoms with Gasteiger partial charge in [-0.3, -0.25) is 28.8 Å². The van der Waals surface area contributed by atoms with Gasteiger partial charge in [-0.15, -0.1) is 0 Å². The van der Waals surface area contributed by atoms with Gasteiger partial charge < -0.3 is 41.3 Å². The largest absolute Gasteiger partial charge is 0.507 e. The van der Waals surface area contributed by atoms with Crippen molar-refractivity contribution in [3.05, 3.63) is 53.1 Å². The van der Waals surface area contributed by atoms with Gasteiger partial charge in [0.2, 0.25) is 35.4 Å². The molecule has 0 aromatic heterocycles. The normalized spacial score (nSPS) is 18.3. The summed E-state index contributed by atoms with van der Waals surface area (Å²) >= 11 is 0. The van der Waals surface area contributed by atoms with E-state index in [1.165, 1.54) is 81.7 Å². The van der Waals surface area contributed by atoms with Crippen molar-refractivity contribution in [3.8, 4) is 16.9 Å². The van der Waals surface area contributed by atoms with E-state index in [4.69, 9.17) is 0 Å². The number of aromatic hydroxyl groups is 1. The molecule has 2 unspecified atom stereocenters. The van der Waals surface area contributed by atoms with Gasteiger partial charge in [-0.05, 0) is 98.7 Å². The minimum absolute atomic E-state index is 0.104. The average molecular weight is 889 g/mol. The summed E-state index contributed by atoms with van der Waals surface area (Å²) in [6, 6.07) is 7.59. The summed E-state index contributed by atoms with van der Waals surface area (Å²) in [5, 5.41) is 31.8. The summed E-state index contributed by atoms with van der Waals surface area (Å²) < 4.78 is 0. The summed E-state index contributed by atoms with van der Waals surface area (Å²) in [6.07, 6.45) is 19.9. The number of hydrogen-bond acceptors (Lipinski definition) is 8. The summed E-state index contributed by atoms with van der Waals surface area (Å²) in [4.78, 5) is 82.3. The molecule has 6 N–H and O–H groups in total. The number of unbranched alkanes of at least 4 members (excludes halogenated alkanes) is 12. The van der Waals surface area contributed by atoms with E-state index in [0.29, 0.717) is 29.9 Å². The number of fused-ring (bicyclic) bond motifs is 5. The zero-order valence-electron chi connectivity index (χ0n) is 39.1. The number of hydrogen-bond donors (Lipinski definition) is 6. The number of nitrogens with zero attached hydrogens (tertiary/aromatic N) is 2. The van der Waals surface area contributed by atoms with E-state index in [-0.39, 0.29) is 30.0 Å². The second-order valence-corrected chi connectivity index (χ2v) is 18.1. The number of aliphatic hydroxyl groups excluding tert-OH is 1. The molecule has 1 fully saturated rings. The fraction of sp³-hybridized carbons (Fsp3) is 0.640. The molecule has 0 radical (unpaired) electrons. The van der Waals surface area contributed by atoms with E-state index >= 15 is 0 Å². The highest BCUT2D eigenvalue weighted by Gasteiger charge is 2.34. The first kappa shape index (κ1) is 51.7. The van der Waals surface area contributed by atoms with Crippen molar-refractivity contribution in [2.24, 2.45) is 0 Å². The highest BCUT2D eigenvalue weighted by atomic mass is 16.3. The van der Waals surface area contributed by atoms with Crippen molar-refractivity contribution in [1.82, 2.24) is 31.1 Å². The number of nitrogens with one attached hydrogen (secondary N) is 4. The Balaban J connectivity index is 1.33. The molecule has 4 atom stereocenters. The molecule has 14 nitrogen and oxygen atoms in total. The van der Waals surface area contributed by atoms with Crippen LogP contribution in [0.5, 0.6) is 5.75 Å². The molecule has 4 bridgehead atoms. The zero-order valence-corrected chi connectivity index (χ0v) is 39.1. The van der Waals surface area contributed by atoms with E-state index in [1.54, 1.807) is 19.1 Å². The van der Waals surface area contributed by atoms with Gasteiger partial charge in [0, 0.05) is 32.1 Å². The van der Waals surface area contributed by atoms with Crippen LogP contribution in [0.2, 0.25) is 0 Å². The molecule has 1 heterocycles. The number of amides is 6. The molecule has 64 heavy (non-hydrogen) atoms. The van der Waals surface area contributed by atoms with Gasteiger partial charge in [0.15, 0.2) is 0 Å². The predicted molar refractivity (Wildman–Crippen MR) is 249 cm³/mol. The Morgan fingerprint density at radius 3 is 2.02 bits per heavy atom. The third-order valence-electron chi connectivity index (χ3n) is 12.7. The van der Waals surface area contributed by atoms with Gasteiger partial charge >= 0.3 is 0 Å². The molecule has 1 aliphatic heterocycles. The summed E-state index contributed by atoms with van der Waals surface area (Å²) in [6.45, 7) is 4.06. The van der Waals surface area contributed by atoms with Crippen LogP contribution in [0.3, 0.4) is 0 Å². The second kappa shape index (κ2) is 26.7. The van der Waals surface area contributed by atoms with Crippen LogP contribution in [-0.4, -0.2) is 107 Å². The Labute approximate surface area is 381 Å². The van der Waals surface area contributed by atoms with E-state index in [1.807, 2.05) is 31.2 Å². The Hall–Kier alpha value is -4.98. The molecule has 2 aromatic rings. The van der Waals surface area contributed by atoms with E-state index < -0.39 is 61.5 Å². The van der Waals surface area contributed by atoms with Gasteiger partial charge in [0.1, 0.15) is 23.9 Å². The van der Waals surface area contributed by atoms with E-state index in [9.17, 15) is 39.0 Å². The zero-order chi connectivity index (χ0) is 46.6. The van der Waals surface area contributed by atoms with Crippen LogP contribution in [0.25, 0.3) is 11.1 Å². The molecule has 4 rings (SSSR count). The molecule has 354 valence electrons. The lowest BCUT2D eigenvalue weighted by molar-refractivity contribution is -0.141. The van der Waals surface area contributed by atoms with Crippen LogP contribution < -0.4 is 21.3 Å². The van der Waals surface area contributed by atoms with E-state index in [0.717, 1.165) is 61.6 Å². The average Bonchev–Trinajstić information content (AvgIpc) is 4.12. The van der Waals surface area contributed by atoms with Gasteiger partial charge in [-0.2, -0.15) is 0 Å². The predicted octanol–water partition coefficient (Wildman–Crippen LogP) is 6.31. The van der Waals surface area contributed by atoms with Crippen LogP contribution in [-0.2, 0) is 35.2 Å². The summed E-state index contributed by atoms with van der Waals surface area (Å²) in [5.74, 6) is -2.86. The molecule has 14 heteroatoms. The van der Waals surface area contributed by atoms with Gasteiger partial charge in [-0.1, -0.05) is 102 Å². The minimum Gasteiger partial charge on any atom is -0.507 e. The van der Waals surface area contributed by atoms with Crippen molar-refractivity contribution >= 4 is 35.4 Å². The van der Waals surface area contributed by atoms with Gasteiger partial charge in [0.05, 0.1) is 19.7 Å². The second-order valence-electron chi connectivity index (χ2n) is 18.1. The Bertz CT molecular complexity index is 1870. The maximum Gasteiger partial charge on any atom is 0.248 e. The molecule has 6 amide bonds. The van der Waals surface area contributed by atoms with Crippen LogP contribution in [0, 0.1) is 0 Å². The lowest BCUT2D eigenvalue weighted by Crippen LogP contribution is -2.52. The lowest BCUT2D eigenvalue weighted by atomic mass is 9.90. The van der Waals surface area contributed by atoms with Crippen molar-refractivity contribution in [2.45, 2.75) is 173 Å². The van der Waals surface area contributed by atoms with Crippen molar-refractivity contribution in [1.29, 1.82) is 0 Å². The molecule has 2 aromatic carbocycles. The SMILES string of the molecule is CCCCCCCCCCCCCCCC(=O)N(C)C(CO)C(=O)NCC(=O)NCC(=O)N(C)C1C(=O)N[C@@H](C)C(=O)N[C@H](C)CCCc2ccc(O)c(c2)-c2cc1ccc2C1CC1. The van der Waals surface area contributed by atoms with Crippen molar-refractivity contribution < 1.29 is 39.0 Å². The van der Waals surface area contributed by atoms with E-state index in [2.05, 4.69) is 28.2 Å². The fourth-order valence-electron chi connectivity index (χ4n) is 8.46. The highest BCUT2D eigenvalue weighted by Crippen LogP contribution is 2.47. The maximum absolute atomic E-state index is 14.1. The van der Waals surface area contributed by atoms with Crippen LogP contribution >= 0.6 is 0 Å². The first-order valence-corrected chi connectivity index (χ1v) is 24.0. The lowest BCUT2D eigenvalue weighted by Gasteiger charge is -2.30. The molecule has 2 aliphatic rings. The third-order valence-corrected chi connectivity index (χ3v) is 12.7. The number of aryl methyl sites for hydroxylation is 1. The molecule has 0 spiro atoms. The number of carbonyl (C=O) groups is 6. The minimum atomic E-state index is -1.22. The number of rotatable bonds is 23. The molecular weight excluding hydrogens is 813 g/mol.